The number of hydrogen-bond acceptors (Lipinski definition) is 8. The summed E-state index contributed by atoms with van der Waals surface area (Å²) in [6.07, 6.45) is 0.627. The minimum Gasteiger partial charge on any atom is -0.465 e. The van der Waals surface area contributed by atoms with Crippen molar-refractivity contribution in [3.05, 3.63) is 129 Å². The van der Waals surface area contributed by atoms with Crippen LogP contribution in [0, 0.1) is 11.6 Å². The van der Waals surface area contributed by atoms with Gasteiger partial charge in [0.1, 0.15) is 11.6 Å². The molecule has 0 heterocycles. The molecular weight excluding hydrogens is 912 g/mol. The topological polar surface area (TPSA) is 136 Å². The molecule has 0 spiro atoms. The second kappa shape index (κ2) is 23.8. The van der Waals surface area contributed by atoms with Crippen molar-refractivity contribution in [3.8, 4) is 0 Å². The van der Waals surface area contributed by atoms with Gasteiger partial charge in [-0.05, 0) is 84.6 Å². The molecule has 0 aliphatic rings. The number of benzene rings is 4. The smallest absolute Gasteiger partial charge is 0.337 e. The van der Waals surface area contributed by atoms with Gasteiger partial charge in [-0.3, -0.25) is 9.03 Å². The van der Waals surface area contributed by atoms with Crippen LogP contribution in [0.3, 0.4) is 0 Å². The molecule has 0 radical (unpaired) electrons. The third-order valence-electron chi connectivity index (χ3n) is 7.03. The summed E-state index contributed by atoms with van der Waals surface area (Å²) in [6, 6.07) is 21.0. The van der Waals surface area contributed by atoms with Crippen molar-refractivity contribution in [1.82, 2.24) is 0 Å². The number of rotatable bonds is 15. The zero-order valence-electron chi connectivity index (χ0n) is 29.4. The van der Waals surface area contributed by atoms with E-state index in [9.17, 15) is 35.2 Å². The number of ether oxygens (including phenoxy) is 2. The predicted octanol–water partition coefficient (Wildman–Crippen LogP) is 9.45. The van der Waals surface area contributed by atoms with Gasteiger partial charge in [-0.2, -0.15) is 0 Å². The normalized spacial score (nSPS) is 10.9. The fraction of sp³-hybridized carbons (Fsp3) is 0.278. The van der Waals surface area contributed by atoms with Crippen LogP contribution in [-0.4, -0.2) is 66.3 Å². The summed E-state index contributed by atoms with van der Waals surface area (Å²) in [5.41, 5.74) is 3.19. The van der Waals surface area contributed by atoms with Crippen molar-refractivity contribution in [3.63, 3.8) is 0 Å². The molecule has 10 nitrogen and oxygen atoms in total. The second-order valence-electron chi connectivity index (χ2n) is 11.1. The second-order valence-corrected chi connectivity index (χ2v) is 17.1. The van der Waals surface area contributed by atoms with Gasteiger partial charge in [-0.15, -0.1) is 23.2 Å². The monoisotopic (exact) mass is 946 g/mol. The Bertz CT molecular complexity index is 2080. The molecule has 0 unspecified atom stereocenters. The van der Waals surface area contributed by atoms with Gasteiger partial charge in [-0.25, -0.2) is 35.2 Å². The first kappa shape index (κ1) is 48.0. The van der Waals surface area contributed by atoms with Gasteiger partial charge in [0.2, 0.25) is 20.0 Å². The van der Waals surface area contributed by atoms with Crippen molar-refractivity contribution >= 4 is 106 Å². The zero-order valence-corrected chi connectivity index (χ0v) is 35.7. The first-order chi connectivity index (χ1) is 26.0. The van der Waals surface area contributed by atoms with E-state index in [2.05, 4.69) is 30.1 Å². The fourth-order valence-electron chi connectivity index (χ4n) is 4.25. The molecule has 4 rings (SSSR count). The van der Waals surface area contributed by atoms with Gasteiger partial charge >= 0.3 is 11.9 Å². The maximum Gasteiger partial charge on any atom is 0.337 e. The number of hydrogen-bond donors (Lipinski definition) is 1. The minimum absolute atomic E-state index is 0.00592. The maximum absolute atomic E-state index is 13.5. The summed E-state index contributed by atoms with van der Waals surface area (Å²) in [4.78, 5) is 22.5. The van der Waals surface area contributed by atoms with Crippen LogP contribution in [0.15, 0.2) is 84.9 Å². The van der Waals surface area contributed by atoms with Gasteiger partial charge in [0.25, 0.3) is 0 Å². The lowest BCUT2D eigenvalue weighted by molar-refractivity contribution is 0.0592. The van der Waals surface area contributed by atoms with Gasteiger partial charge in [-0.1, -0.05) is 63.4 Å². The molecule has 1 N–H and O–H groups in total. The molecule has 4 aromatic carbocycles. The number of halogens is 7. The summed E-state index contributed by atoms with van der Waals surface area (Å²) in [7, 11) is -4.51. The number of alkyl halides is 3. The molecule has 0 bridgehead atoms. The van der Waals surface area contributed by atoms with Crippen LogP contribution in [0.4, 0.5) is 20.2 Å². The molecule has 0 aliphatic carbocycles. The van der Waals surface area contributed by atoms with Crippen LogP contribution < -0.4 is 9.03 Å². The Morgan fingerprint density at radius 1 is 0.709 bits per heavy atom. The largest absolute Gasteiger partial charge is 0.465 e. The van der Waals surface area contributed by atoms with Crippen LogP contribution in [0.5, 0.6) is 0 Å². The first-order valence-electron chi connectivity index (χ1n) is 15.9. The lowest BCUT2D eigenvalue weighted by atomic mass is 10.1. The van der Waals surface area contributed by atoms with Gasteiger partial charge in [0.05, 0.1) is 64.8 Å². The molecule has 0 aliphatic heterocycles. The van der Waals surface area contributed by atoms with Crippen LogP contribution in [-0.2, 0) is 41.4 Å². The molecule has 4 aromatic rings. The van der Waals surface area contributed by atoms with E-state index in [1.54, 1.807) is 36.4 Å². The molecule has 0 fully saturated rings. The number of nitrogens with zero attached hydrogens (tertiary/aromatic N) is 1. The van der Waals surface area contributed by atoms with Gasteiger partial charge < -0.3 is 9.47 Å². The third kappa shape index (κ3) is 16.4. The Morgan fingerprint density at radius 3 is 1.64 bits per heavy atom. The van der Waals surface area contributed by atoms with E-state index in [4.69, 9.17) is 46.4 Å². The Labute approximate surface area is 348 Å². The molecule has 0 aromatic heterocycles. The number of carbonyl (C=O) groups is 2. The number of methoxy groups -OCH3 is 2. The molecular formula is C36H37BrCl4F2N2O8S2. The quantitative estimate of drug-likeness (QED) is 0.0920. The number of sulfonamides is 2. The van der Waals surface area contributed by atoms with Crippen LogP contribution in [0.1, 0.15) is 44.7 Å². The van der Waals surface area contributed by atoms with E-state index in [1.165, 1.54) is 38.5 Å². The highest BCUT2D eigenvalue weighted by Gasteiger charge is 2.23. The number of nitrogens with one attached hydrogen (secondary N) is 1. The summed E-state index contributed by atoms with van der Waals surface area (Å²) >= 11 is 25.7. The first-order valence-corrected chi connectivity index (χ1v) is 22.1. The van der Waals surface area contributed by atoms with Gasteiger partial charge in [0.15, 0.2) is 0 Å². The third-order valence-corrected chi connectivity index (χ3v) is 12.0. The lowest BCUT2D eigenvalue weighted by Gasteiger charge is -2.25. The van der Waals surface area contributed by atoms with E-state index in [1.807, 2.05) is 12.1 Å². The average molecular weight is 950 g/mol. The van der Waals surface area contributed by atoms with E-state index in [0.717, 1.165) is 27.3 Å². The SMILES string of the molecule is COC(=O)c1ccc(CBr)cc1.COC(=O)c1ccc(CN(c2ccc(F)c(Cl)c2)S(=O)(=O)CCCCl)cc1.O=S(=O)(CCCCl)Nc1ccc(F)c(Cl)c1. The Morgan fingerprint density at radius 2 is 1.18 bits per heavy atom. The van der Waals surface area contributed by atoms with E-state index >= 15 is 0 Å². The number of esters is 2. The number of carbonyl (C=O) groups excluding carboxylic acids is 2. The van der Waals surface area contributed by atoms with E-state index < -0.39 is 37.7 Å². The minimum atomic E-state index is -3.72. The van der Waals surface area contributed by atoms with Crippen LogP contribution in [0.2, 0.25) is 10.0 Å². The highest BCUT2D eigenvalue weighted by Crippen LogP contribution is 2.27. The summed E-state index contributed by atoms with van der Waals surface area (Å²) < 4.78 is 87.4. The lowest BCUT2D eigenvalue weighted by Crippen LogP contribution is -2.32. The summed E-state index contributed by atoms with van der Waals surface area (Å²) in [5, 5.41) is 0.498. The zero-order chi connectivity index (χ0) is 41.2. The van der Waals surface area contributed by atoms with Crippen molar-refractivity contribution in [2.45, 2.75) is 24.7 Å². The predicted molar refractivity (Wildman–Crippen MR) is 219 cm³/mol. The maximum atomic E-state index is 13.5. The van der Waals surface area contributed by atoms with E-state index in [-0.39, 0.29) is 63.6 Å². The highest BCUT2D eigenvalue weighted by atomic mass is 79.9. The van der Waals surface area contributed by atoms with Crippen LogP contribution >= 0.6 is 62.3 Å². The Kier molecular flexibility index (Phi) is 20.7. The van der Waals surface area contributed by atoms with Crippen molar-refractivity contribution < 1.29 is 44.7 Å². The van der Waals surface area contributed by atoms with Crippen molar-refractivity contribution in [2.24, 2.45) is 0 Å². The molecule has 0 saturated heterocycles. The van der Waals surface area contributed by atoms with E-state index in [0.29, 0.717) is 23.1 Å². The number of anilines is 2. The molecule has 300 valence electrons. The molecule has 0 saturated carbocycles. The highest BCUT2D eigenvalue weighted by molar-refractivity contribution is 9.08. The molecule has 0 amide bonds. The fourth-order valence-corrected chi connectivity index (χ4v) is 8.19. The summed E-state index contributed by atoms with van der Waals surface area (Å²) in [6.45, 7) is -0.00592. The van der Waals surface area contributed by atoms with Crippen LogP contribution in [0.25, 0.3) is 0 Å². The van der Waals surface area contributed by atoms with Crippen molar-refractivity contribution in [2.75, 3.05) is 46.5 Å². The standard InChI is InChI=1S/C18H18Cl2FNO4S.C9H9BrO2.C9H10Cl2FNO2S/c1-26-18(23)14-5-3-13(4-6-14)12-22(27(24,25)10-2-9-19)15-7-8-17(21)16(20)11-15;1-12-9(11)8-4-2-7(6-10)3-5-8;10-4-1-5-16(14,15)13-7-2-3-9(12)8(11)6-7/h3-8,11H,2,9-10,12H2,1H3;2-5H,6H2,1H3;2-3,6,13H,1,4-5H2. The van der Waals surface area contributed by atoms with Crippen molar-refractivity contribution in [1.29, 1.82) is 0 Å². The average Bonchev–Trinajstić information content (AvgIpc) is 3.18. The van der Waals surface area contributed by atoms with Gasteiger partial charge in [0, 0.05) is 17.1 Å². The summed E-state index contributed by atoms with van der Waals surface area (Å²) in [5.74, 6) is -1.78. The Hall–Kier alpha value is -3.18. The molecule has 55 heavy (non-hydrogen) atoms. The molecule has 0 atom stereocenters. The molecule has 19 heteroatoms. The Balaban J connectivity index is 0.000000315.